The van der Waals surface area contributed by atoms with Crippen LogP contribution in [0.2, 0.25) is 0 Å². The summed E-state index contributed by atoms with van der Waals surface area (Å²) >= 11 is 0. The maximum absolute atomic E-state index is 15.5. The number of Topliss-reactive ketones (excluding diaryl/α,β-unsaturated/α-hetero) is 1. The summed E-state index contributed by atoms with van der Waals surface area (Å²) in [5, 5.41) is 10.8. The minimum absolute atomic E-state index is 0.113. The number of carbonyl (C=O) groups is 3. The van der Waals surface area contributed by atoms with Gasteiger partial charge in [0.1, 0.15) is 34.2 Å². The number of amides is 2. The molecule has 2 aromatic heterocycles. The van der Waals surface area contributed by atoms with E-state index in [4.69, 9.17) is 15.0 Å². The predicted molar refractivity (Wildman–Crippen MR) is 151 cm³/mol. The van der Waals surface area contributed by atoms with Crippen molar-refractivity contribution in [1.82, 2.24) is 14.9 Å². The first-order valence-electron chi connectivity index (χ1n) is 13.8. The Labute approximate surface area is 243 Å². The largest absolute Gasteiger partial charge is 0.444 e. The van der Waals surface area contributed by atoms with Crippen molar-refractivity contribution in [2.45, 2.75) is 91.7 Å². The van der Waals surface area contributed by atoms with Crippen LogP contribution in [0.15, 0.2) is 22.7 Å². The second-order valence-electron chi connectivity index (χ2n) is 12.9. The molecule has 1 aromatic carbocycles. The first kappa shape index (κ1) is 30.9. The van der Waals surface area contributed by atoms with E-state index in [0.717, 1.165) is 18.5 Å². The topological polar surface area (TPSA) is 142 Å². The number of hydrogen-bond acceptors (Lipinski definition) is 7. The fourth-order valence-electron chi connectivity index (χ4n) is 5.22. The van der Waals surface area contributed by atoms with Gasteiger partial charge < -0.3 is 15.0 Å². The minimum atomic E-state index is -1.31. The number of nitrogens with zero attached hydrogens (tertiary/aromatic N) is 3. The second-order valence-corrected chi connectivity index (χ2v) is 12.9. The molecule has 0 unspecified atom stereocenters. The Morgan fingerprint density at radius 2 is 1.83 bits per heavy atom. The first-order chi connectivity index (χ1) is 19.5. The highest BCUT2D eigenvalue weighted by Gasteiger charge is 2.38. The van der Waals surface area contributed by atoms with Gasteiger partial charge >= 0.3 is 6.09 Å². The third-order valence-electron chi connectivity index (χ3n) is 7.04. The number of halogens is 2. The van der Waals surface area contributed by atoms with E-state index in [1.54, 1.807) is 40.7 Å². The molecule has 3 N–H and O–H groups in total. The third-order valence-corrected chi connectivity index (χ3v) is 7.04. The second kappa shape index (κ2) is 11.3. The molecule has 2 heterocycles. The number of ether oxygens (including phenoxy) is 1. The first-order valence-corrected chi connectivity index (χ1v) is 13.8. The Morgan fingerprint density at radius 3 is 2.40 bits per heavy atom. The van der Waals surface area contributed by atoms with E-state index in [9.17, 15) is 14.4 Å². The Kier molecular flexibility index (Phi) is 8.30. The van der Waals surface area contributed by atoms with Gasteiger partial charge in [-0.1, -0.05) is 25.1 Å². The lowest BCUT2D eigenvalue weighted by Gasteiger charge is -2.41. The van der Waals surface area contributed by atoms with Gasteiger partial charge in [-0.15, -0.1) is 0 Å². The fraction of sp³-hybridized carbons (Fsp3) is 0.500. The van der Waals surface area contributed by atoms with Crippen LogP contribution >= 0.6 is 0 Å². The van der Waals surface area contributed by atoms with Crippen molar-refractivity contribution in [3.63, 3.8) is 0 Å². The SMILES string of the molecule is CC(C)n1nc(-c2ccc(CC(=O)Cc3cc(C4CC(C)(C)C4)no3)c(F)c2F)c(C(N)=O)c1NC(=O)OC(C)(C)C. The normalized spacial score (nSPS) is 15.0. The van der Waals surface area contributed by atoms with Crippen LogP contribution in [-0.2, 0) is 22.4 Å². The molecule has 2 amide bonds. The van der Waals surface area contributed by atoms with Crippen molar-refractivity contribution < 1.29 is 32.4 Å². The predicted octanol–water partition coefficient (Wildman–Crippen LogP) is 6.10. The van der Waals surface area contributed by atoms with Crippen LogP contribution in [0.3, 0.4) is 0 Å². The van der Waals surface area contributed by atoms with Gasteiger partial charge in [-0.3, -0.25) is 14.9 Å². The number of carbonyl (C=O) groups excluding carboxylic acids is 3. The molecule has 1 aliphatic rings. The molecule has 1 aliphatic carbocycles. The third kappa shape index (κ3) is 6.69. The van der Waals surface area contributed by atoms with E-state index < -0.39 is 35.3 Å². The molecule has 42 heavy (non-hydrogen) atoms. The molecule has 0 bridgehead atoms. The van der Waals surface area contributed by atoms with Crippen molar-refractivity contribution in [2.75, 3.05) is 5.32 Å². The average Bonchev–Trinajstić information content (AvgIpc) is 3.44. The number of aromatic nitrogens is 3. The molecule has 0 spiro atoms. The molecule has 4 rings (SSSR count). The van der Waals surface area contributed by atoms with Crippen LogP contribution in [0.5, 0.6) is 0 Å². The molecule has 0 radical (unpaired) electrons. The van der Waals surface area contributed by atoms with Crippen LogP contribution in [0.4, 0.5) is 19.4 Å². The van der Waals surface area contributed by atoms with Crippen LogP contribution in [0.25, 0.3) is 11.3 Å². The van der Waals surface area contributed by atoms with Crippen LogP contribution in [0, 0.1) is 17.0 Å². The molecule has 1 fully saturated rings. The zero-order valence-electron chi connectivity index (χ0n) is 24.9. The van der Waals surface area contributed by atoms with Gasteiger partial charge in [0.15, 0.2) is 11.6 Å². The smallest absolute Gasteiger partial charge is 0.413 e. The van der Waals surface area contributed by atoms with Crippen molar-refractivity contribution in [2.24, 2.45) is 11.1 Å². The highest BCUT2D eigenvalue weighted by atomic mass is 19.2. The summed E-state index contributed by atoms with van der Waals surface area (Å²) in [6.45, 7) is 12.8. The number of nitrogens with one attached hydrogen (secondary N) is 1. The maximum Gasteiger partial charge on any atom is 0.413 e. The number of anilines is 1. The summed E-state index contributed by atoms with van der Waals surface area (Å²) in [4.78, 5) is 37.7. The van der Waals surface area contributed by atoms with E-state index in [1.807, 2.05) is 0 Å². The number of benzene rings is 1. The molecular weight excluding hydrogens is 548 g/mol. The number of ketones is 1. The zero-order chi connectivity index (χ0) is 31.1. The fourth-order valence-corrected chi connectivity index (χ4v) is 5.22. The summed E-state index contributed by atoms with van der Waals surface area (Å²) in [5.74, 6) is -3.43. The highest BCUT2D eigenvalue weighted by Crippen LogP contribution is 2.50. The standard InChI is InChI=1S/C30H37F2N5O5/c1-15(2)37-27(34-28(40)41-29(3,4)5)22(26(33)39)25(35-37)20-9-8-16(23(31)24(20)32)10-18(38)11-19-12-21(36-42-19)17-13-30(6,7)14-17/h8-9,12,15,17H,10-11,13-14H2,1-7H3,(H2,33,39)(H,34,40). The van der Waals surface area contributed by atoms with Gasteiger partial charge in [0.05, 0.1) is 12.1 Å². The van der Waals surface area contributed by atoms with Gasteiger partial charge in [0, 0.05) is 30.0 Å². The Bertz CT molecular complexity index is 1530. The summed E-state index contributed by atoms with van der Waals surface area (Å²) < 4.78 is 42.6. The molecule has 1 saturated carbocycles. The van der Waals surface area contributed by atoms with Crippen molar-refractivity contribution in [3.05, 3.63) is 52.4 Å². The molecule has 0 aliphatic heterocycles. The molecular formula is C30H37F2N5O5. The monoisotopic (exact) mass is 585 g/mol. The van der Waals surface area contributed by atoms with E-state index in [-0.39, 0.29) is 58.2 Å². The summed E-state index contributed by atoms with van der Waals surface area (Å²) in [6, 6.07) is 3.83. The molecule has 3 aromatic rings. The number of rotatable bonds is 9. The average molecular weight is 586 g/mol. The molecule has 226 valence electrons. The summed E-state index contributed by atoms with van der Waals surface area (Å²) in [6.07, 6.45) is 0.583. The van der Waals surface area contributed by atoms with E-state index >= 15 is 8.78 Å². The summed E-state index contributed by atoms with van der Waals surface area (Å²) in [5.41, 5.74) is 4.73. The van der Waals surface area contributed by atoms with Gasteiger partial charge in [-0.2, -0.15) is 5.10 Å². The minimum Gasteiger partial charge on any atom is -0.444 e. The van der Waals surface area contributed by atoms with Crippen LogP contribution < -0.4 is 11.1 Å². The lowest BCUT2D eigenvalue weighted by Crippen LogP contribution is -2.29. The number of hydrogen-bond donors (Lipinski definition) is 2. The van der Waals surface area contributed by atoms with Gasteiger partial charge in [0.25, 0.3) is 5.91 Å². The Morgan fingerprint density at radius 1 is 1.17 bits per heavy atom. The molecule has 0 saturated heterocycles. The molecule has 10 nitrogen and oxygen atoms in total. The molecule has 12 heteroatoms. The maximum atomic E-state index is 15.5. The Balaban J connectivity index is 1.57. The van der Waals surface area contributed by atoms with Crippen molar-refractivity contribution in [1.29, 1.82) is 0 Å². The summed E-state index contributed by atoms with van der Waals surface area (Å²) in [7, 11) is 0. The van der Waals surface area contributed by atoms with Gasteiger partial charge in [-0.05, 0) is 64.5 Å². The lowest BCUT2D eigenvalue weighted by molar-refractivity contribution is -0.118. The van der Waals surface area contributed by atoms with E-state index in [1.165, 1.54) is 16.8 Å². The van der Waals surface area contributed by atoms with Gasteiger partial charge in [0.2, 0.25) is 0 Å². The quantitative estimate of drug-likeness (QED) is 0.309. The van der Waals surface area contributed by atoms with Gasteiger partial charge in [-0.25, -0.2) is 18.3 Å². The van der Waals surface area contributed by atoms with Crippen LogP contribution in [-0.4, -0.2) is 38.3 Å². The lowest BCUT2D eigenvalue weighted by atomic mass is 9.63. The number of primary amides is 1. The van der Waals surface area contributed by atoms with Crippen molar-refractivity contribution >= 4 is 23.6 Å². The van der Waals surface area contributed by atoms with E-state index in [2.05, 4.69) is 29.4 Å². The Hall–Kier alpha value is -4.09. The van der Waals surface area contributed by atoms with E-state index in [0.29, 0.717) is 5.76 Å². The van der Waals surface area contributed by atoms with Crippen LogP contribution in [0.1, 0.15) is 101 Å². The zero-order valence-corrected chi connectivity index (χ0v) is 24.9. The molecule has 0 atom stereocenters. The van der Waals surface area contributed by atoms with Crippen molar-refractivity contribution in [3.8, 4) is 11.3 Å². The number of nitrogens with two attached hydrogens (primary N) is 1. The highest BCUT2D eigenvalue weighted by molar-refractivity contribution is 6.06.